The van der Waals surface area contributed by atoms with E-state index in [1.165, 1.54) is 4.90 Å². The molecule has 0 spiro atoms. The van der Waals surface area contributed by atoms with Gasteiger partial charge in [0, 0.05) is 6.54 Å². The van der Waals surface area contributed by atoms with Crippen molar-refractivity contribution >= 4 is 23.7 Å². The lowest BCUT2D eigenvalue weighted by Gasteiger charge is -2.38. The monoisotopic (exact) mass is 293 g/mol. The molecule has 1 heterocycles. The first kappa shape index (κ1) is 16.0. The van der Waals surface area contributed by atoms with Gasteiger partial charge in [0.2, 0.25) is 0 Å². The Bertz CT molecular complexity index is 342. The number of hydrogen-bond acceptors (Lipinski definition) is 5. The van der Waals surface area contributed by atoms with Crippen LogP contribution in [-0.2, 0) is 19.0 Å². The number of halogens is 1. The molecular formula is C12H20ClNO5. The van der Waals surface area contributed by atoms with Crippen LogP contribution in [0.25, 0.3) is 0 Å². The number of carbonyl (C=O) groups excluding carboxylic acids is 2. The van der Waals surface area contributed by atoms with Crippen LogP contribution in [0.15, 0.2) is 0 Å². The fourth-order valence-corrected chi connectivity index (χ4v) is 1.91. The predicted octanol–water partition coefficient (Wildman–Crippen LogP) is 1.75. The van der Waals surface area contributed by atoms with Gasteiger partial charge in [0.05, 0.1) is 12.7 Å². The summed E-state index contributed by atoms with van der Waals surface area (Å²) in [6.07, 6.45) is -1.02. The van der Waals surface area contributed by atoms with Crippen molar-refractivity contribution in [2.45, 2.75) is 45.4 Å². The van der Waals surface area contributed by atoms with Crippen LogP contribution in [0.2, 0.25) is 0 Å². The number of amides is 1. The number of rotatable bonds is 2. The Morgan fingerprint density at radius 3 is 2.58 bits per heavy atom. The topological polar surface area (TPSA) is 65.1 Å². The van der Waals surface area contributed by atoms with Crippen LogP contribution in [0, 0.1) is 0 Å². The van der Waals surface area contributed by atoms with Gasteiger partial charge in [0.1, 0.15) is 5.60 Å². The first-order valence-corrected chi connectivity index (χ1v) is 6.63. The van der Waals surface area contributed by atoms with Gasteiger partial charge < -0.3 is 14.2 Å². The van der Waals surface area contributed by atoms with E-state index in [-0.39, 0.29) is 12.6 Å². The SMILES string of the molecule is C[C@H]1OCCN(C(=O)OC(C)(C)C)[C@@H]1C(=O)OCCl. The van der Waals surface area contributed by atoms with Crippen molar-refractivity contribution in [2.75, 3.05) is 19.2 Å². The van der Waals surface area contributed by atoms with E-state index in [4.69, 9.17) is 25.8 Å². The number of carbonyl (C=O) groups is 2. The standard InChI is InChI=1S/C12H20ClNO5/c1-8-9(10(15)18-7-13)14(5-6-17-8)11(16)19-12(2,3)4/h8-9H,5-7H2,1-4H3/t8-,9+/m1/s1. The lowest BCUT2D eigenvalue weighted by molar-refractivity contribution is -0.159. The molecule has 1 aliphatic heterocycles. The minimum absolute atomic E-state index is 0.260. The highest BCUT2D eigenvalue weighted by atomic mass is 35.5. The van der Waals surface area contributed by atoms with E-state index in [0.29, 0.717) is 6.61 Å². The summed E-state index contributed by atoms with van der Waals surface area (Å²) in [5.41, 5.74) is -0.625. The fraction of sp³-hybridized carbons (Fsp3) is 0.833. The summed E-state index contributed by atoms with van der Waals surface area (Å²) in [5.74, 6) is -0.590. The number of alkyl halides is 1. The fourth-order valence-electron chi connectivity index (χ4n) is 1.80. The van der Waals surface area contributed by atoms with Crippen molar-refractivity contribution in [1.82, 2.24) is 4.90 Å². The van der Waals surface area contributed by atoms with Crippen molar-refractivity contribution < 1.29 is 23.8 Å². The van der Waals surface area contributed by atoms with E-state index in [1.807, 2.05) is 0 Å². The van der Waals surface area contributed by atoms with Crippen molar-refractivity contribution in [1.29, 1.82) is 0 Å². The minimum atomic E-state index is -0.831. The molecule has 6 nitrogen and oxygen atoms in total. The van der Waals surface area contributed by atoms with Gasteiger partial charge in [-0.25, -0.2) is 9.59 Å². The summed E-state index contributed by atoms with van der Waals surface area (Å²) in [5, 5.41) is 0. The zero-order valence-corrected chi connectivity index (χ0v) is 12.4. The highest BCUT2D eigenvalue weighted by molar-refractivity contribution is 6.17. The van der Waals surface area contributed by atoms with Crippen molar-refractivity contribution in [3.8, 4) is 0 Å². The van der Waals surface area contributed by atoms with Gasteiger partial charge >= 0.3 is 12.1 Å². The first-order valence-electron chi connectivity index (χ1n) is 6.10. The minimum Gasteiger partial charge on any atom is -0.448 e. The largest absolute Gasteiger partial charge is 0.448 e. The maximum Gasteiger partial charge on any atom is 0.411 e. The average molecular weight is 294 g/mol. The molecule has 1 aliphatic rings. The van der Waals surface area contributed by atoms with E-state index in [0.717, 1.165) is 0 Å². The molecule has 7 heteroatoms. The number of ether oxygens (including phenoxy) is 3. The molecule has 1 amide bonds. The van der Waals surface area contributed by atoms with Crippen LogP contribution < -0.4 is 0 Å². The molecule has 1 fully saturated rings. The lowest BCUT2D eigenvalue weighted by Crippen LogP contribution is -2.57. The molecular weight excluding hydrogens is 274 g/mol. The Morgan fingerprint density at radius 2 is 2.05 bits per heavy atom. The second-order valence-electron chi connectivity index (χ2n) is 5.27. The van der Waals surface area contributed by atoms with Gasteiger partial charge in [-0.2, -0.15) is 0 Å². The normalized spacial score (nSPS) is 23.9. The summed E-state index contributed by atoms with van der Waals surface area (Å²) in [7, 11) is 0. The number of hydrogen-bond donors (Lipinski definition) is 0. The molecule has 1 saturated heterocycles. The molecule has 0 radical (unpaired) electrons. The third-order valence-electron chi connectivity index (χ3n) is 2.56. The molecule has 110 valence electrons. The van der Waals surface area contributed by atoms with Gasteiger partial charge in [-0.05, 0) is 27.7 Å². The van der Waals surface area contributed by atoms with Crippen molar-refractivity contribution in [2.24, 2.45) is 0 Å². The molecule has 0 aliphatic carbocycles. The summed E-state index contributed by atoms with van der Waals surface area (Å²) in [4.78, 5) is 25.3. The molecule has 0 saturated carbocycles. The zero-order valence-electron chi connectivity index (χ0n) is 11.6. The first-order chi connectivity index (χ1) is 8.76. The second-order valence-corrected chi connectivity index (χ2v) is 5.49. The molecule has 1 rings (SSSR count). The molecule has 2 atom stereocenters. The van der Waals surface area contributed by atoms with Gasteiger partial charge in [-0.3, -0.25) is 4.90 Å². The number of esters is 1. The Hall–Kier alpha value is -1.01. The predicted molar refractivity (Wildman–Crippen MR) is 69.0 cm³/mol. The van der Waals surface area contributed by atoms with Crippen LogP contribution in [0.3, 0.4) is 0 Å². The van der Waals surface area contributed by atoms with Crippen LogP contribution in [0.1, 0.15) is 27.7 Å². The van der Waals surface area contributed by atoms with E-state index < -0.39 is 29.8 Å². The van der Waals surface area contributed by atoms with Gasteiger partial charge in [-0.1, -0.05) is 11.6 Å². The van der Waals surface area contributed by atoms with Crippen molar-refractivity contribution in [3.63, 3.8) is 0 Å². The van der Waals surface area contributed by atoms with Gasteiger partial charge in [0.25, 0.3) is 0 Å². The van der Waals surface area contributed by atoms with Crippen LogP contribution in [0.4, 0.5) is 4.79 Å². The summed E-state index contributed by atoms with van der Waals surface area (Å²) in [6, 6.07) is -1.09. The van der Waals surface area contributed by atoms with Crippen molar-refractivity contribution in [3.05, 3.63) is 0 Å². The van der Waals surface area contributed by atoms with Crippen LogP contribution >= 0.6 is 11.6 Å². The highest BCUT2D eigenvalue weighted by Crippen LogP contribution is 2.19. The van der Waals surface area contributed by atoms with E-state index >= 15 is 0 Å². The van der Waals surface area contributed by atoms with Crippen LogP contribution in [-0.4, -0.2) is 53.9 Å². The molecule has 19 heavy (non-hydrogen) atoms. The van der Waals surface area contributed by atoms with Gasteiger partial charge in [0.15, 0.2) is 12.1 Å². The summed E-state index contributed by atoms with van der Waals surface area (Å²) >= 11 is 5.38. The van der Waals surface area contributed by atoms with Gasteiger partial charge in [-0.15, -0.1) is 0 Å². The highest BCUT2D eigenvalue weighted by Gasteiger charge is 2.40. The summed E-state index contributed by atoms with van der Waals surface area (Å²) < 4.78 is 15.4. The molecule has 0 N–H and O–H groups in total. The molecule has 0 unspecified atom stereocenters. The third kappa shape index (κ3) is 4.54. The molecule has 0 bridgehead atoms. The second kappa shape index (κ2) is 6.43. The van der Waals surface area contributed by atoms with E-state index in [2.05, 4.69) is 0 Å². The van der Waals surface area contributed by atoms with E-state index in [1.54, 1.807) is 27.7 Å². The Labute approximate surface area is 117 Å². The third-order valence-corrected chi connectivity index (χ3v) is 2.67. The Morgan fingerprint density at radius 1 is 1.42 bits per heavy atom. The maximum absolute atomic E-state index is 12.1. The Balaban J connectivity index is 2.82. The maximum atomic E-state index is 12.1. The molecule has 0 aromatic carbocycles. The lowest BCUT2D eigenvalue weighted by atomic mass is 10.1. The van der Waals surface area contributed by atoms with E-state index in [9.17, 15) is 9.59 Å². The van der Waals surface area contributed by atoms with Crippen LogP contribution in [0.5, 0.6) is 0 Å². The Kier molecular flexibility index (Phi) is 5.43. The summed E-state index contributed by atoms with van der Waals surface area (Å²) in [6.45, 7) is 7.63. The zero-order chi connectivity index (χ0) is 14.6. The molecule has 0 aromatic rings. The average Bonchev–Trinajstić information content (AvgIpc) is 2.26. The number of nitrogens with zero attached hydrogens (tertiary/aromatic N) is 1. The number of morpholine rings is 1. The quantitative estimate of drug-likeness (QED) is 0.573. The smallest absolute Gasteiger partial charge is 0.411 e. The molecule has 0 aromatic heterocycles.